The lowest BCUT2D eigenvalue weighted by molar-refractivity contribution is 0.114. The van der Waals surface area contributed by atoms with E-state index in [4.69, 9.17) is 0 Å². The van der Waals surface area contributed by atoms with Gasteiger partial charge in [0.2, 0.25) is 6.43 Å². The normalized spacial score (nSPS) is 21.4. The molecular weight excluding hydrogens is 158 g/mol. The summed E-state index contributed by atoms with van der Waals surface area (Å²) in [5.41, 5.74) is 1.95. The first kappa shape index (κ1) is 7.71. The molecule has 2 heteroatoms. The monoisotopic (exact) mass is 168 g/mol. The minimum atomic E-state index is -2.20. The first-order valence-electron chi connectivity index (χ1n) is 4.15. The fraction of sp³-hybridized carbons (Fsp3) is 0.400. The van der Waals surface area contributed by atoms with Crippen LogP contribution < -0.4 is 0 Å². The van der Waals surface area contributed by atoms with Crippen molar-refractivity contribution in [1.82, 2.24) is 0 Å². The van der Waals surface area contributed by atoms with Crippen molar-refractivity contribution in [3.8, 4) is 0 Å². The van der Waals surface area contributed by atoms with Crippen molar-refractivity contribution in [3.63, 3.8) is 0 Å². The van der Waals surface area contributed by atoms with E-state index in [9.17, 15) is 8.78 Å². The molecule has 0 saturated heterocycles. The van der Waals surface area contributed by atoms with Crippen LogP contribution in [0, 0.1) is 0 Å². The van der Waals surface area contributed by atoms with Crippen molar-refractivity contribution in [2.45, 2.75) is 25.2 Å². The Balaban J connectivity index is 2.36. The van der Waals surface area contributed by atoms with Gasteiger partial charge in [-0.1, -0.05) is 24.3 Å². The molecule has 0 heterocycles. The predicted molar refractivity (Wildman–Crippen MR) is 43.5 cm³/mol. The maximum atomic E-state index is 12.4. The van der Waals surface area contributed by atoms with Crippen molar-refractivity contribution >= 4 is 0 Å². The number of fused-ring (bicyclic) bond motifs is 1. The highest BCUT2D eigenvalue weighted by atomic mass is 19.3. The summed E-state index contributed by atoms with van der Waals surface area (Å²) in [4.78, 5) is 0. The lowest BCUT2D eigenvalue weighted by Crippen LogP contribution is -2.04. The van der Waals surface area contributed by atoms with E-state index >= 15 is 0 Å². The third-order valence-corrected chi connectivity index (χ3v) is 2.48. The maximum Gasteiger partial charge on any atom is 0.245 e. The molecule has 1 unspecified atom stereocenters. The van der Waals surface area contributed by atoms with E-state index in [0.717, 1.165) is 17.5 Å². The van der Waals surface area contributed by atoms with Crippen LogP contribution in [0.15, 0.2) is 24.3 Å². The molecule has 0 spiro atoms. The molecule has 12 heavy (non-hydrogen) atoms. The van der Waals surface area contributed by atoms with Gasteiger partial charge in [0.1, 0.15) is 0 Å². The van der Waals surface area contributed by atoms with Crippen molar-refractivity contribution in [2.75, 3.05) is 0 Å². The van der Waals surface area contributed by atoms with E-state index in [1.165, 1.54) is 0 Å². The molecule has 0 amide bonds. The summed E-state index contributed by atoms with van der Waals surface area (Å²) in [7, 11) is 0. The lowest BCUT2D eigenvalue weighted by atomic mass is 10.0. The predicted octanol–water partition coefficient (Wildman–Crippen LogP) is 2.98. The van der Waals surface area contributed by atoms with Gasteiger partial charge in [-0.15, -0.1) is 0 Å². The minimum Gasteiger partial charge on any atom is -0.210 e. The number of benzene rings is 1. The van der Waals surface area contributed by atoms with Gasteiger partial charge in [0.15, 0.2) is 0 Å². The van der Waals surface area contributed by atoms with Crippen molar-refractivity contribution in [1.29, 1.82) is 0 Å². The van der Waals surface area contributed by atoms with E-state index in [0.29, 0.717) is 6.42 Å². The zero-order chi connectivity index (χ0) is 8.55. The second kappa shape index (κ2) is 2.85. The zero-order valence-corrected chi connectivity index (χ0v) is 6.63. The summed E-state index contributed by atoms with van der Waals surface area (Å²) >= 11 is 0. The third-order valence-electron chi connectivity index (χ3n) is 2.48. The van der Waals surface area contributed by atoms with Gasteiger partial charge in [-0.3, -0.25) is 0 Å². The van der Waals surface area contributed by atoms with E-state index in [1.54, 1.807) is 0 Å². The Morgan fingerprint density at radius 1 is 1.25 bits per heavy atom. The third kappa shape index (κ3) is 1.11. The van der Waals surface area contributed by atoms with Crippen LogP contribution in [0.2, 0.25) is 0 Å². The highest BCUT2D eigenvalue weighted by molar-refractivity contribution is 5.35. The van der Waals surface area contributed by atoms with Gasteiger partial charge in [0.05, 0.1) is 0 Å². The summed E-state index contributed by atoms with van der Waals surface area (Å²) in [5, 5.41) is 0. The van der Waals surface area contributed by atoms with Crippen LogP contribution in [0.5, 0.6) is 0 Å². The number of rotatable bonds is 1. The molecule has 0 radical (unpaired) electrons. The number of alkyl halides is 2. The number of aryl methyl sites for hydroxylation is 1. The maximum absolute atomic E-state index is 12.4. The molecule has 1 atom stereocenters. The molecule has 1 aliphatic carbocycles. The summed E-state index contributed by atoms with van der Waals surface area (Å²) in [5.74, 6) is -0.513. The molecule has 1 aliphatic rings. The molecule has 0 aliphatic heterocycles. The van der Waals surface area contributed by atoms with Crippen LogP contribution in [0.4, 0.5) is 8.78 Å². The second-order valence-electron chi connectivity index (χ2n) is 3.18. The average Bonchev–Trinajstić information content (AvgIpc) is 2.47. The molecule has 1 aromatic rings. The molecule has 0 aromatic heterocycles. The first-order chi connectivity index (χ1) is 5.79. The van der Waals surface area contributed by atoms with Gasteiger partial charge < -0.3 is 0 Å². The molecule has 0 bridgehead atoms. The molecule has 0 saturated carbocycles. The Kier molecular flexibility index (Phi) is 1.83. The number of halogens is 2. The van der Waals surface area contributed by atoms with Gasteiger partial charge in [0, 0.05) is 5.92 Å². The Morgan fingerprint density at radius 2 is 2.00 bits per heavy atom. The quantitative estimate of drug-likeness (QED) is 0.604. The van der Waals surface area contributed by atoms with E-state index in [2.05, 4.69) is 0 Å². The smallest absolute Gasteiger partial charge is 0.210 e. The Labute approximate surface area is 70.2 Å². The van der Waals surface area contributed by atoms with Crippen molar-refractivity contribution in [2.24, 2.45) is 0 Å². The molecule has 0 fully saturated rings. The van der Waals surface area contributed by atoms with E-state index in [-0.39, 0.29) is 0 Å². The minimum absolute atomic E-state index is 0.513. The molecule has 1 aromatic carbocycles. The van der Waals surface area contributed by atoms with Gasteiger partial charge in [0.25, 0.3) is 0 Å². The average molecular weight is 168 g/mol. The van der Waals surface area contributed by atoms with Crippen LogP contribution >= 0.6 is 0 Å². The fourth-order valence-corrected chi connectivity index (χ4v) is 1.85. The van der Waals surface area contributed by atoms with Crippen LogP contribution in [0.25, 0.3) is 0 Å². The summed E-state index contributed by atoms with van der Waals surface area (Å²) < 4.78 is 24.8. The lowest BCUT2D eigenvalue weighted by Gasteiger charge is -2.08. The standard InChI is InChI=1S/C10H10F2/c11-10(12)9-6-5-7-3-1-2-4-8(7)9/h1-4,9-10H,5-6H2. The summed E-state index contributed by atoms with van der Waals surface area (Å²) in [6.07, 6.45) is -0.781. The van der Waals surface area contributed by atoms with Gasteiger partial charge >= 0.3 is 0 Å². The molecule has 0 N–H and O–H groups in total. The van der Waals surface area contributed by atoms with E-state index in [1.807, 2.05) is 24.3 Å². The number of hydrogen-bond acceptors (Lipinski definition) is 0. The van der Waals surface area contributed by atoms with Gasteiger partial charge in [-0.25, -0.2) is 8.78 Å². The molecule has 0 nitrogen and oxygen atoms in total. The summed E-state index contributed by atoms with van der Waals surface area (Å²) in [6, 6.07) is 7.50. The fourth-order valence-electron chi connectivity index (χ4n) is 1.85. The van der Waals surface area contributed by atoms with Crippen LogP contribution in [-0.4, -0.2) is 6.43 Å². The zero-order valence-electron chi connectivity index (χ0n) is 6.63. The first-order valence-corrected chi connectivity index (χ1v) is 4.15. The number of hydrogen-bond donors (Lipinski definition) is 0. The van der Waals surface area contributed by atoms with Crippen LogP contribution in [-0.2, 0) is 6.42 Å². The highest BCUT2D eigenvalue weighted by Gasteiger charge is 2.28. The largest absolute Gasteiger partial charge is 0.245 e. The van der Waals surface area contributed by atoms with Crippen molar-refractivity contribution < 1.29 is 8.78 Å². The van der Waals surface area contributed by atoms with Crippen LogP contribution in [0.3, 0.4) is 0 Å². The topological polar surface area (TPSA) is 0 Å². The molecular formula is C10H10F2. The Bertz CT molecular complexity index is 281. The highest BCUT2D eigenvalue weighted by Crippen LogP contribution is 2.36. The molecule has 64 valence electrons. The summed E-state index contributed by atoms with van der Waals surface area (Å²) in [6.45, 7) is 0. The molecule has 2 rings (SSSR count). The Hall–Kier alpha value is -0.920. The van der Waals surface area contributed by atoms with Gasteiger partial charge in [-0.2, -0.15) is 0 Å². The van der Waals surface area contributed by atoms with Crippen molar-refractivity contribution in [3.05, 3.63) is 35.4 Å². The SMILES string of the molecule is FC(F)C1CCc2ccccc21. The van der Waals surface area contributed by atoms with Crippen LogP contribution in [0.1, 0.15) is 23.5 Å². The second-order valence-corrected chi connectivity index (χ2v) is 3.18. The van der Waals surface area contributed by atoms with Gasteiger partial charge in [-0.05, 0) is 24.0 Å². The van der Waals surface area contributed by atoms with E-state index < -0.39 is 12.3 Å². The Morgan fingerprint density at radius 3 is 2.75 bits per heavy atom.